The van der Waals surface area contributed by atoms with Gasteiger partial charge in [-0.05, 0) is 6.07 Å². The zero-order chi connectivity index (χ0) is 11.4. The molecule has 0 saturated heterocycles. The molecule has 0 saturated carbocycles. The average Bonchev–Trinajstić information content (AvgIpc) is 2.18. The Morgan fingerprint density at radius 2 is 2.33 bits per heavy atom. The SMILES string of the molecule is C#CNc1cc(F)c(C(N)=O)cc1OC. The summed E-state index contributed by atoms with van der Waals surface area (Å²) in [6.45, 7) is 0. The van der Waals surface area contributed by atoms with Crippen LogP contribution < -0.4 is 15.8 Å². The molecule has 0 spiro atoms. The lowest BCUT2D eigenvalue weighted by Gasteiger charge is -2.09. The van der Waals surface area contributed by atoms with Crippen molar-refractivity contribution in [1.29, 1.82) is 0 Å². The molecule has 1 amide bonds. The number of terminal acetylenes is 1. The highest BCUT2D eigenvalue weighted by Crippen LogP contribution is 2.27. The number of carbonyl (C=O) groups excluding carboxylic acids is 1. The summed E-state index contributed by atoms with van der Waals surface area (Å²) >= 11 is 0. The van der Waals surface area contributed by atoms with Gasteiger partial charge in [-0.2, -0.15) is 0 Å². The molecule has 0 unspecified atom stereocenters. The van der Waals surface area contributed by atoms with Gasteiger partial charge in [0.2, 0.25) is 0 Å². The van der Waals surface area contributed by atoms with Crippen LogP contribution in [-0.4, -0.2) is 13.0 Å². The molecule has 78 valence electrons. The number of hydrogen-bond acceptors (Lipinski definition) is 3. The van der Waals surface area contributed by atoms with Crippen LogP contribution in [0.5, 0.6) is 5.75 Å². The van der Waals surface area contributed by atoms with Crippen molar-refractivity contribution < 1.29 is 13.9 Å². The van der Waals surface area contributed by atoms with Crippen LogP contribution in [-0.2, 0) is 0 Å². The van der Waals surface area contributed by atoms with E-state index in [1.807, 2.05) is 0 Å². The molecule has 1 rings (SSSR count). The Hall–Kier alpha value is -2.22. The molecular formula is C10H9FN2O2. The van der Waals surface area contributed by atoms with E-state index in [0.717, 1.165) is 6.07 Å². The number of ether oxygens (including phenoxy) is 1. The summed E-state index contributed by atoms with van der Waals surface area (Å²) in [5, 5.41) is 2.44. The number of nitrogens with two attached hydrogens (primary N) is 1. The van der Waals surface area contributed by atoms with Crippen molar-refractivity contribution in [2.75, 3.05) is 12.4 Å². The average molecular weight is 208 g/mol. The number of benzene rings is 1. The summed E-state index contributed by atoms with van der Waals surface area (Å²) in [5.74, 6) is -1.36. The number of amides is 1. The lowest BCUT2D eigenvalue weighted by molar-refractivity contribution is 0.0996. The zero-order valence-electron chi connectivity index (χ0n) is 8.00. The largest absolute Gasteiger partial charge is 0.495 e. The van der Waals surface area contributed by atoms with E-state index in [9.17, 15) is 9.18 Å². The molecule has 0 aliphatic rings. The molecule has 1 aromatic carbocycles. The van der Waals surface area contributed by atoms with E-state index in [2.05, 4.69) is 11.4 Å². The van der Waals surface area contributed by atoms with Crippen molar-refractivity contribution >= 4 is 11.6 Å². The second-order valence-electron chi connectivity index (χ2n) is 2.67. The van der Waals surface area contributed by atoms with Gasteiger partial charge in [0, 0.05) is 12.1 Å². The van der Waals surface area contributed by atoms with E-state index in [1.54, 1.807) is 0 Å². The summed E-state index contributed by atoms with van der Waals surface area (Å²) in [5.41, 5.74) is 4.99. The normalized spacial score (nSPS) is 9.13. The van der Waals surface area contributed by atoms with Gasteiger partial charge in [0.25, 0.3) is 5.91 Å². The van der Waals surface area contributed by atoms with Crippen LogP contribution in [0.3, 0.4) is 0 Å². The summed E-state index contributed by atoms with van der Waals surface area (Å²) < 4.78 is 18.2. The Morgan fingerprint density at radius 3 is 2.80 bits per heavy atom. The topological polar surface area (TPSA) is 64.3 Å². The third-order valence-electron chi connectivity index (χ3n) is 1.76. The molecule has 0 bridgehead atoms. The molecule has 0 heterocycles. The minimum atomic E-state index is -0.863. The van der Waals surface area contributed by atoms with E-state index >= 15 is 0 Å². The van der Waals surface area contributed by atoms with Gasteiger partial charge in [-0.15, -0.1) is 0 Å². The third-order valence-corrected chi connectivity index (χ3v) is 1.76. The van der Waals surface area contributed by atoms with E-state index in [1.165, 1.54) is 13.2 Å². The highest BCUT2D eigenvalue weighted by molar-refractivity contribution is 5.94. The molecular weight excluding hydrogens is 199 g/mol. The molecule has 0 radical (unpaired) electrons. The maximum absolute atomic E-state index is 13.3. The van der Waals surface area contributed by atoms with Crippen LogP contribution in [0.4, 0.5) is 10.1 Å². The molecule has 1 aromatic rings. The summed E-state index contributed by atoms with van der Waals surface area (Å²) in [6, 6.07) is 4.37. The first-order chi connectivity index (χ1) is 7.10. The number of anilines is 1. The Balaban J connectivity index is 3.30. The van der Waals surface area contributed by atoms with Gasteiger partial charge < -0.3 is 15.8 Å². The number of carbonyl (C=O) groups is 1. The van der Waals surface area contributed by atoms with Gasteiger partial charge in [0.05, 0.1) is 18.4 Å². The molecule has 0 aliphatic heterocycles. The lowest BCUT2D eigenvalue weighted by Crippen LogP contribution is -2.13. The van der Waals surface area contributed by atoms with Gasteiger partial charge in [-0.3, -0.25) is 4.79 Å². The quantitative estimate of drug-likeness (QED) is 0.573. The molecule has 0 atom stereocenters. The summed E-state index contributed by atoms with van der Waals surface area (Å²) in [7, 11) is 1.37. The van der Waals surface area contributed by atoms with Gasteiger partial charge in [-0.25, -0.2) is 4.39 Å². The zero-order valence-corrected chi connectivity index (χ0v) is 8.00. The van der Waals surface area contributed by atoms with Crippen LogP contribution in [0.15, 0.2) is 12.1 Å². The first-order valence-corrected chi connectivity index (χ1v) is 3.99. The maximum Gasteiger partial charge on any atom is 0.251 e. The third kappa shape index (κ3) is 2.17. The number of methoxy groups -OCH3 is 1. The first kappa shape index (κ1) is 10.9. The number of hydrogen-bond donors (Lipinski definition) is 2. The molecule has 0 aromatic heterocycles. The maximum atomic E-state index is 13.3. The summed E-state index contributed by atoms with van der Waals surface area (Å²) in [4.78, 5) is 10.8. The molecule has 15 heavy (non-hydrogen) atoms. The smallest absolute Gasteiger partial charge is 0.251 e. The van der Waals surface area contributed by atoms with Gasteiger partial charge >= 0.3 is 0 Å². The van der Waals surface area contributed by atoms with Crippen molar-refractivity contribution in [3.8, 4) is 18.2 Å². The minimum absolute atomic E-state index is 0.241. The Morgan fingerprint density at radius 1 is 1.67 bits per heavy atom. The van der Waals surface area contributed by atoms with Gasteiger partial charge in [0.1, 0.15) is 11.6 Å². The van der Waals surface area contributed by atoms with E-state index in [-0.39, 0.29) is 17.0 Å². The Labute approximate surface area is 86.2 Å². The Bertz CT molecular complexity index is 438. The minimum Gasteiger partial charge on any atom is -0.495 e. The highest BCUT2D eigenvalue weighted by atomic mass is 19.1. The fraction of sp³-hybridized carbons (Fsp3) is 0.100. The van der Waals surface area contributed by atoms with Crippen molar-refractivity contribution in [2.45, 2.75) is 0 Å². The van der Waals surface area contributed by atoms with E-state index < -0.39 is 11.7 Å². The standard InChI is InChI=1S/C10H9FN2O2/c1-3-13-8-5-7(11)6(10(12)14)4-9(8)15-2/h1,4-5,13H,2H3,(H2,12,14). The molecule has 3 N–H and O–H groups in total. The van der Waals surface area contributed by atoms with Crippen LogP contribution in [0.25, 0.3) is 0 Å². The predicted molar refractivity (Wildman–Crippen MR) is 53.9 cm³/mol. The van der Waals surface area contributed by atoms with Crippen molar-refractivity contribution in [3.05, 3.63) is 23.5 Å². The fourth-order valence-corrected chi connectivity index (χ4v) is 1.09. The summed E-state index contributed by atoms with van der Waals surface area (Å²) in [6.07, 6.45) is 5.00. The molecule has 0 aliphatic carbocycles. The lowest BCUT2D eigenvalue weighted by atomic mass is 10.1. The van der Waals surface area contributed by atoms with Crippen molar-refractivity contribution in [3.63, 3.8) is 0 Å². The number of halogens is 1. The van der Waals surface area contributed by atoms with Crippen LogP contribution in [0, 0.1) is 18.3 Å². The number of nitrogens with one attached hydrogen (secondary N) is 1. The van der Waals surface area contributed by atoms with Crippen molar-refractivity contribution in [2.24, 2.45) is 5.73 Å². The highest BCUT2D eigenvalue weighted by Gasteiger charge is 2.13. The van der Waals surface area contributed by atoms with E-state index in [0.29, 0.717) is 0 Å². The molecule has 4 nitrogen and oxygen atoms in total. The predicted octanol–water partition coefficient (Wildman–Crippen LogP) is 0.936. The van der Waals surface area contributed by atoms with Gasteiger partial charge in [0.15, 0.2) is 0 Å². The van der Waals surface area contributed by atoms with E-state index in [4.69, 9.17) is 16.9 Å². The van der Waals surface area contributed by atoms with Crippen LogP contribution in [0.1, 0.15) is 10.4 Å². The van der Waals surface area contributed by atoms with Gasteiger partial charge in [-0.1, -0.05) is 6.42 Å². The second kappa shape index (κ2) is 4.33. The first-order valence-electron chi connectivity index (χ1n) is 3.99. The monoisotopic (exact) mass is 208 g/mol. The van der Waals surface area contributed by atoms with Crippen molar-refractivity contribution in [1.82, 2.24) is 0 Å². The molecule has 0 fully saturated rings. The fourth-order valence-electron chi connectivity index (χ4n) is 1.09. The van der Waals surface area contributed by atoms with Crippen LogP contribution in [0.2, 0.25) is 0 Å². The van der Waals surface area contributed by atoms with Crippen LogP contribution >= 0.6 is 0 Å². The number of primary amides is 1. The Kier molecular flexibility index (Phi) is 3.13. The number of rotatable bonds is 3. The second-order valence-corrected chi connectivity index (χ2v) is 2.67. The molecule has 5 heteroatoms.